The molecule has 7 nitrogen and oxygen atoms in total. The first-order valence-corrected chi connectivity index (χ1v) is 6.95. The molecule has 0 atom stereocenters. The zero-order valence-electron chi connectivity index (χ0n) is 10.3. The summed E-state index contributed by atoms with van der Waals surface area (Å²) in [7, 11) is -1.77. The van der Waals surface area contributed by atoms with Gasteiger partial charge in [-0.25, -0.2) is 17.9 Å². The Bertz CT molecular complexity index is 509. The highest BCUT2D eigenvalue weighted by molar-refractivity contribution is 7.89. The Morgan fingerprint density at radius 2 is 2.22 bits per heavy atom. The molecule has 0 spiro atoms. The van der Waals surface area contributed by atoms with Crippen molar-refractivity contribution in [3.8, 4) is 0 Å². The van der Waals surface area contributed by atoms with Gasteiger partial charge in [-0.15, -0.1) is 0 Å². The van der Waals surface area contributed by atoms with Gasteiger partial charge in [-0.1, -0.05) is 6.92 Å². The molecule has 102 valence electrons. The first-order chi connectivity index (χ1) is 8.36. The molecule has 0 amide bonds. The van der Waals surface area contributed by atoms with Gasteiger partial charge in [-0.3, -0.25) is 0 Å². The van der Waals surface area contributed by atoms with Crippen LogP contribution in [0.1, 0.15) is 17.4 Å². The van der Waals surface area contributed by atoms with Crippen LogP contribution in [-0.4, -0.2) is 56.1 Å². The SMILES string of the molecule is CCN(C)CCNS(=O)(=O)c1c[nH]c(C(=O)O)c1. The standard InChI is InChI=1S/C10H17N3O4S/c1-3-13(2)5-4-12-18(16,17)8-6-9(10(14)15)11-7-8/h6-7,11-12H,3-5H2,1-2H3,(H,14,15). The Morgan fingerprint density at radius 1 is 1.56 bits per heavy atom. The maximum atomic E-state index is 11.8. The third kappa shape index (κ3) is 3.83. The number of carboxylic acid groups (broad SMARTS) is 1. The van der Waals surface area contributed by atoms with Crippen molar-refractivity contribution in [1.82, 2.24) is 14.6 Å². The summed E-state index contributed by atoms with van der Waals surface area (Å²) in [5, 5.41) is 8.69. The van der Waals surface area contributed by atoms with Crippen LogP contribution < -0.4 is 4.72 Å². The molecule has 8 heteroatoms. The number of sulfonamides is 1. The molecule has 0 aliphatic heterocycles. The zero-order valence-corrected chi connectivity index (χ0v) is 11.1. The molecule has 0 aliphatic carbocycles. The van der Waals surface area contributed by atoms with Gasteiger partial charge in [0.15, 0.2) is 0 Å². The van der Waals surface area contributed by atoms with E-state index in [9.17, 15) is 13.2 Å². The average Bonchev–Trinajstić information content (AvgIpc) is 2.78. The quantitative estimate of drug-likeness (QED) is 0.647. The number of hydrogen-bond donors (Lipinski definition) is 3. The van der Waals surface area contributed by atoms with Crippen LogP contribution in [0.2, 0.25) is 0 Å². The number of likely N-dealkylation sites (N-methyl/N-ethyl adjacent to an activating group) is 1. The Labute approximate surface area is 106 Å². The first-order valence-electron chi connectivity index (χ1n) is 5.46. The molecule has 3 N–H and O–H groups in total. The lowest BCUT2D eigenvalue weighted by Crippen LogP contribution is -2.32. The van der Waals surface area contributed by atoms with Gasteiger partial charge in [0, 0.05) is 19.3 Å². The second kappa shape index (κ2) is 5.98. The minimum absolute atomic E-state index is 0.0703. The number of aromatic carboxylic acids is 1. The number of rotatable bonds is 7. The highest BCUT2D eigenvalue weighted by Crippen LogP contribution is 2.10. The lowest BCUT2D eigenvalue weighted by atomic mass is 10.4. The van der Waals surface area contributed by atoms with Crippen LogP contribution in [0.3, 0.4) is 0 Å². The van der Waals surface area contributed by atoms with E-state index in [-0.39, 0.29) is 17.1 Å². The van der Waals surface area contributed by atoms with E-state index in [4.69, 9.17) is 5.11 Å². The normalized spacial score (nSPS) is 11.9. The summed E-state index contributed by atoms with van der Waals surface area (Å²) in [6.45, 7) is 3.67. The van der Waals surface area contributed by atoms with E-state index in [0.29, 0.717) is 6.54 Å². The van der Waals surface area contributed by atoms with E-state index in [1.807, 2.05) is 18.9 Å². The fourth-order valence-electron chi connectivity index (χ4n) is 1.27. The van der Waals surface area contributed by atoms with Crippen LogP contribution >= 0.6 is 0 Å². The van der Waals surface area contributed by atoms with Crippen molar-refractivity contribution >= 4 is 16.0 Å². The summed E-state index contributed by atoms with van der Waals surface area (Å²) < 4.78 is 26.0. The van der Waals surface area contributed by atoms with Crippen molar-refractivity contribution in [3.63, 3.8) is 0 Å². The van der Waals surface area contributed by atoms with Gasteiger partial charge < -0.3 is 15.0 Å². The minimum Gasteiger partial charge on any atom is -0.477 e. The van der Waals surface area contributed by atoms with Crippen molar-refractivity contribution < 1.29 is 18.3 Å². The van der Waals surface area contributed by atoms with Crippen molar-refractivity contribution in [2.45, 2.75) is 11.8 Å². The molecular formula is C10H17N3O4S. The number of carbonyl (C=O) groups is 1. The van der Waals surface area contributed by atoms with Crippen LogP contribution in [0.5, 0.6) is 0 Å². The van der Waals surface area contributed by atoms with Crippen molar-refractivity contribution in [3.05, 3.63) is 18.0 Å². The number of H-pyrrole nitrogens is 1. The number of nitrogens with zero attached hydrogens (tertiary/aromatic N) is 1. The number of nitrogens with one attached hydrogen (secondary N) is 2. The van der Waals surface area contributed by atoms with Gasteiger partial charge >= 0.3 is 5.97 Å². The molecule has 1 heterocycles. The molecule has 18 heavy (non-hydrogen) atoms. The summed E-state index contributed by atoms with van der Waals surface area (Å²) in [5.74, 6) is -1.19. The van der Waals surface area contributed by atoms with Crippen LogP contribution in [0.4, 0.5) is 0 Å². The van der Waals surface area contributed by atoms with E-state index < -0.39 is 16.0 Å². The van der Waals surface area contributed by atoms with Gasteiger partial charge in [-0.2, -0.15) is 0 Å². The van der Waals surface area contributed by atoms with Gasteiger partial charge in [0.1, 0.15) is 10.6 Å². The molecular weight excluding hydrogens is 258 g/mol. The first kappa shape index (κ1) is 14.7. The van der Waals surface area contributed by atoms with Crippen molar-refractivity contribution in [2.75, 3.05) is 26.7 Å². The highest BCUT2D eigenvalue weighted by Gasteiger charge is 2.17. The van der Waals surface area contributed by atoms with Gasteiger partial charge in [0.05, 0.1) is 0 Å². The second-order valence-corrected chi connectivity index (χ2v) is 5.61. The van der Waals surface area contributed by atoms with Crippen LogP contribution in [0.25, 0.3) is 0 Å². The third-order valence-corrected chi connectivity index (χ3v) is 3.96. The Kier molecular flexibility index (Phi) is 4.88. The van der Waals surface area contributed by atoms with Gasteiger partial charge in [0.2, 0.25) is 10.0 Å². The molecule has 0 aliphatic rings. The Balaban J connectivity index is 2.65. The molecule has 0 fully saturated rings. The molecule has 1 aromatic rings. The van der Waals surface area contributed by atoms with E-state index >= 15 is 0 Å². The number of aromatic amines is 1. The lowest BCUT2D eigenvalue weighted by molar-refractivity contribution is 0.0691. The average molecular weight is 275 g/mol. The smallest absolute Gasteiger partial charge is 0.352 e. The van der Waals surface area contributed by atoms with E-state index in [0.717, 1.165) is 18.8 Å². The number of hydrogen-bond acceptors (Lipinski definition) is 4. The monoisotopic (exact) mass is 275 g/mol. The lowest BCUT2D eigenvalue weighted by Gasteiger charge is -2.13. The van der Waals surface area contributed by atoms with Gasteiger partial charge in [0.25, 0.3) is 0 Å². The molecule has 0 saturated heterocycles. The topological polar surface area (TPSA) is 103 Å². The summed E-state index contributed by atoms with van der Waals surface area (Å²) in [6.07, 6.45) is 1.16. The van der Waals surface area contributed by atoms with Crippen molar-refractivity contribution in [2.24, 2.45) is 0 Å². The fourth-order valence-corrected chi connectivity index (χ4v) is 2.28. The maximum absolute atomic E-state index is 11.8. The van der Waals surface area contributed by atoms with Crippen LogP contribution in [-0.2, 0) is 10.0 Å². The summed E-state index contributed by atoms with van der Waals surface area (Å²) in [6, 6.07) is 1.09. The zero-order chi connectivity index (χ0) is 13.8. The Hall–Kier alpha value is -1.38. The third-order valence-electron chi connectivity index (χ3n) is 2.52. The largest absolute Gasteiger partial charge is 0.477 e. The molecule has 0 saturated carbocycles. The fraction of sp³-hybridized carbons (Fsp3) is 0.500. The molecule has 0 aromatic carbocycles. The van der Waals surface area contributed by atoms with Gasteiger partial charge in [-0.05, 0) is 19.7 Å². The van der Waals surface area contributed by atoms with E-state index in [1.54, 1.807) is 0 Å². The van der Waals surface area contributed by atoms with E-state index in [2.05, 4.69) is 9.71 Å². The van der Waals surface area contributed by atoms with Crippen LogP contribution in [0, 0.1) is 0 Å². The molecule has 0 unspecified atom stereocenters. The number of carboxylic acids is 1. The minimum atomic E-state index is -3.65. The highest BCUT2D eigenvalue weighted by atomic mass is 32.2. The second-order valence-electron chi connectivity index (χ2n) is 3.85. The Morgan fingerprint density at radius 3 is 2.72 bits per heavy atom. The summed E-state index contributed by atoms with van der Waals surface area (Å²) in [5.41, 5.74) is -0.152. The summed E-state index contributed by atoms with van der Waals surface area (Å²) in [4.78, 5) is 14.9. The molecule has 0 radical (unpaired) electrons. The summed E-state index contributed by atoms with van der Waals surface area (Å²) >= 11 is 0. The van der Waals surface area contributed by atoms with Crippen LogP contribution in [0.15, 0.2) is 17.2 Å². The molecule has 1 rings (SSSR count). The maximum Gasteiger partial charge on any atom is 0.352 e. The predicted molar refractivity (Wildman–Crippen MR) is 66.1 cm³/mol. The molecule has 1 aromatic heterocycles. The van der Waals surface area contributed by atoms with E-state index in [1.165, 1.54) is 0 Å². The number of aromatic nitrogens is 1. The molecule has 0 bridgehead atoms. The van der Waals surface area contributed by atoms with Crippen molar-refractivity contribution in [1.29, 1.82) is 0 Å². The predicted octanol–water partition coefficient (Wildman–Crippen LogP) is -0.0571.